The van der Waals surface area contributed by atoms with Crippen molar-refractivity contribution in [1.82, 2.24) is 4.98 Å². The van der Waals surface area contributed by atoms with Gasteiger partial charge in [-0.05, 0) is 31.0 Å². The summed E-state index contributed by atoms with van der Waals surface area (Å²) in [6.07, 6.45) is 0. The lowest BCUT2D eigenvalue weighted by molar-refractivity contribution is 0.181. The van der Waals surface area contributed by atoms with Crippen molar-refractivity contribution in [3.8, 4) is 5.75 Å². The van der Waals surface area contributed by atoms with Gasteiger partial charge in [-0.2, -0.15) is 12.6 Å². The van der Waals surface area contributed by atoms with Crippen LogP contribution >= 0.6 is 24.0 Å². The summed E-state index contributed by atoms with van der Waals surface area (Å²) in [5.41, 5.74) is 3.38. The van der Waals surface area contributed by atoms with Crippen molar-refractivity contribution in [1.29, 1.82) is 0 Å². The van der Waals surface area contributed by atoms with Crippen LogP contribution in [0.5, 0.6) is 5.75 Å². The molecule has 0 fully saturated rings. The second kappa shape index (κ2) is 7.11. The minimum Gasteiger partial charge on any atom is -0.486 e. The van der Waals surface area contributed by atoms with Gasteiger partial charge in [0.25, 0.3) is 0 Å². The summed E-state index contributed by atoms with van der Waals surface area (Å²) in [7, 11) is 1.67. The van der Waals surface area contributed by atoms with Gasteiger partial charge < -0.3 is 9.47 Å². The topological polar surface area (TPSA) is 31.4 Å². The molecule has 108 valence electrons. The number of thiol groups is 1. The molecule has 0 amide bonds. The zero-order valence-corrected chi connectivity index (χ0v) is 13.7. The number of hydrogen-bond donors (Lipinski definition) is 1. The van der Waals surface area contributed by atoms with Crippen LogP contribution in [0.3, 0.4) is 0 Å². The lowest BCUT2D eigenvalue weighted by atomic mass is 10.1. The molecule has 0 spiro atoms. The van der Waals surface area contributed by atoms with Gasteiger partial charge in [0, 0.05) is 17.7 Å². The molecule has 0 saturated heterocycles. The SMILES string of the molecule is COCc1nc(COc2cccc(C)c2C)sc1CS. The van der Waals surface area contributed by atoms with Gasteiger partial charge in [0.1, 0.15) is 17.4 Å². The predicted molar refractivity (Wildman–Crippen MR) is 85.8 cm³/mol. The first-order chi connectivity index (χ1) is 9.65. The van der Waals surface area contributed by atoms with Crippen molar-refractivity contribution in [3.63, 3.8) is 0 Å². The van der Waals surface area contributed by atoms with Crippen molar-refractivity contribution in [2.75, 3.05) is 7.11 Å². The highest BCUT2D eigenvalue weighted by Crippen LogP contribution is 2.25. The minimum atomic E-state index is 0.486. The van der Waals surface area contributed by atoms with Crippen LogP contribution in [0.15, 0.2) is 18.2 Å². The molecule has 1 heterocycles. The van der Waals surface area contributed by atoms with Gasteiger partial charge in [-0.15, -0.1) is 11.3 Å². The molecule has 5 heteroatoms. The minimum absolute atomic E-state index is 0.486. The van der Waals surface area contributed by atoms with E-state index in [2.05, 4.69) is 37.5 Å². The second-order valence-corrected chi connectivity index (χ2v) is 6.04. The Kier molecular flexibility index (Phi) is 5.46. The fourth-order valence-corrected chi connectivity index (χ4v) is 3.11. The molecule has 0 atom stereocenters. The Hall–Kier alpha value is -1.04. The summed E-state index contributed by atoms with van der Waals surface area (Å²) in [6, 6.07) is 6.09. The smallest absolute Gasteiger partial charge is 0.140 e. The maximum absolute atomic E-state index is 5.88. The maximum atomic E-state index is 5.88. The molecular weight excluding hydrogens is 290 g/mol. The van der Waals surface area contributed by atoms with E-state index in [-0.39, 0.29) is 0 Å². The summed E-state index contributed by atoms with van der Waals surface area (Å²) in [4.78, 5) is 5.71. The molecule has 20 heavy (non-hydrogen) atoms. The van der Waals surface area contributed by atoms with Crippen molar-refractivity contribution < 1.29 is 9.47 Å². The van der Waals surface area contributed by atoms with E-state index in [9.17, 15) is 0 Å². The molecule has 0 radical (unpaired) electrons. The van der Waals surface area contributed by atoms with E-state index in [1.54, 1.807) is 18.4 Å². The van der Waals surface area contributed by atoms with Crippen molar-refractivity contribution in [2.24, 2.45) is 0 Å². The van der Waals surface area contributed by atoms with Crippen LogP contribution in [0.2, 0.25) is 0 Å². The van der Waals surface area contributed by atoms with Crippen molar-refractivity contribution in [2.45, 2.75) is 32.8 Å². The third kappa shape index (κ3) is 3.53. The third-order valence-corrected chi connectivity index (χ3v) is 4.75. The number of hydrogen-bond acceptors (Lipinski definition) is 5. The van der Waals surface area contributed by atoms with E-state index >= 15 is 0 Å². The number of thiazole rings is 1. The summed E-state index contributed by atoms with van der Waals surface area (Å²) in [6.45, 7) is 5.17. The molecule has 2 rings (SSSR count). The Morgan fingerprint density at radius 2 is 2.05 bits per heavy atom. The number of aromatic nitrogens is 1. The van der Waals surface area contributed by atoms with Gasteiger partial charge in [0.05, 0.1) is 12.3 Å². The Morgan fingerprint density at radius 1 is 1.25 bits per heavy atom. The summed E-state index contributed by atoms with van der Waals surface area (Å²) in [5, 5.41) is 0.960. The predicted octanol–water partition coefficient (Wildman–Crippen LogP) is 3.92. The standard InChI is InChI=1S/C15H19NO2S2/c1-10-5-4-6-13(11(10)2)18-8-15-16-12(7-17-3)14(9-19)20-15/h4-6,19H,7-9H2,1-3H3. The molecule has 0 aliphatic carbocycles. The van der Waals surface area contributed by atoms with Crippen LogP contribution in [-0.4, -0.2) is 12.1 Å². The quantitative estimate of drug-likeness (QED) is 0.821. The van der Waals surface area contributed by atoms with Crippen LogP contribution in [0.1, 0.15) is 26.7 Å². The maximum Gasteiger partial charge on any atom is 0.140 e. The molecule has 0 aliphatic rings. The first-order valence-electron chi connectivity index (χ1n) is 6.42. The van der Waals surface area contributed by atoms with E-state index in [0.717, 1.165) is 21.3 Å². The zero-order valence-electron chi connectivity index (χ0n) is 12.0. The molecule has 0 bridgehead atoms. The molecule has 1 aromatic carbocycles. The van der Waals surface area contributed by atoms with Crippen LogP contribution in [0.4, 0.5) is 0 Å². The van der Waals surface area contributed by atoms with Gasteiger partial charge in [-0.3, -0.25) is 0 Å². The van der Waals surface area contributed by atoms with Gasteiger partial charge in [0.2, 0.25) is 0 Å². The Labute approximate surface area is 129 Å². The van der Waals surface area contributed by atoms with Crippen LogP contribution in [-0.2, 0) is 23.7 Å². The first-order valence-corrected chi connectivity index (χ1v) is 7.87. The number of methoxy groups -OCH3 is 1. The number of benzene rings is 1. The van der Waals surface area contributed by atoms with Gasteiger partial charge in [0.15, 0.2) is 0 Å². The summed E-state index contributed by atoms with van der Waals surface area (Å²) < 4.78 is 11.0. The fourth-order valence-electron chi connectivity index (χ4n) is 1.89. The number of ether oxygens (including phenoxy) is 2. The Bertz CT molecular complexity index is 581. The molecule has 0 unspecified atom stereocenters. The third-order valence-electron chi connectivity index (χ3n) is 3.15. The van der Waals surface area contributed by atoms with Crippen molar-refractivity contribution in [3.05, 3.63) is 44.9 Å². The van der Waals surface area contributed by atoms with Gasteiger partial charge >= 0.3 is 0 Å². The molecule has 0 N–H and O–H groups in total. The highest BCUT2D eigenvalue weighted by Gasteiger charge is 2.11. The fraction of sp³-hybridized carbons (Fsp3) is 0.400. The van der Waals surface area contributed by atoms with Crippen LogP contribution < -0.4 is 4.74 Å². The summed E-state index contributed by atoms with van der Waals surface area (Å²) in [5.74, 6) is 1.60. The molecule has 0 aliphatic heterocycles. The number of rotatable bonds is 6. The normalized spacial score (nSPS) is 10.8. The summed E-state index contributed by atoms with van der Waals surface area (Å²) >= 11 is 5.96. The second-order valence-electron chi connectivity index (χ2n) is 4.56. The lowest BCUT2D eigenvalue weighted by Crippen LogP contribution is -1.98. The highest BCUT2D eigenvalue weighted by molar-refractivity contribution is 7.79. The Balaban J connectivity index is 2.09. The number of aryl methyl sites for hydroxylation is 1. The molecular formula is C15H19NO2S2. The number of nitrogens with zero attached hydrogens (tertiary/aromatic N) is 1. The molecule has 2 aromatic rings. The van der Waals surface area contributed by atoms with Gasteiger partial charge in [-0.25, -0.2) is 4.98 Å². The first kappa shape index (κ1) is 15.4. The molecule has 1 aromatic heterocycles. The van der Waals surface area contributed by atoms with Gasteiger partial charge in [-0.1, -0.05) is 12.1 Å². The van der Waals surface area contributed by atoms with E-state index in [1.807, 2.05) is 12.1 Å². The Morgan fingerprint density at radius 3 is 2.75 bits per heavy atom. The largest absolute Gasteiger partial charge is 0.486 e. The van der Waals surface area contributed by atoms with Crippen LogP contribution in [0, 0.1) is 13.8 Å². The van der Waals surface area contributed by atoms with E-state index in [1.165, 1.54) is 11.1 Å². The lowest BCUT2D eigenvalue weighted by Gasteiger charge is -2.09. The monoisotopic (exact) mass is 309 g/mol. The average Bonchev–Trinajstić information content (AvgIpc) is 2.83. The zero-order chi connectivity index (χ0) is 14.5. The van der Waals surface area contributed by atoms with Crippen molar-refractivity contribution >= 4 is 24.0 Å². The average molecular weight is 309 g/mol. The van der Waals surface area contributed by atoms with E-state index < -0.39 is 0 Å². The van der Waals surface area contributed by atoms with E-state index in [0.29, 0.717) is 19.0 Å². The highest BCUT2D eigenvalue weighted by atomic mass is 32.1. The molecule has 3 nitrogen and oxygen atoms in total. The van der Waals surface area contributed by atoms with Crippen LogP contribution in [0.25, 0.3) is 0 Å². The van der Waals surface area contributed by atoms with E-state index in [4.69, 9.17) is 9.47 Å². The molecule has 0 saturated carbocycles.